The average Bonchev–Trinajstić information content (AvgIpc) is 3.07. The van der Waals surface area contributed by atoms with E-state index < -0.39 is 0 Å². The molecule has 0 aliphatic rings. The zero-order valence-electron chi connectivity index (χ0n) is 11.5. The highest BCUT2D eigenvalue weighted by Gasteiger charge is 2.20. The van der Waals surface area contributed by atoms with Crippen LogP contribution in [0.4, 0.5) is 4.39 Å². The third-order valence-electron chi connectivity index (χ3n) is 3.32. The van der Waals surface area contributed by atoms with Gasteiger partial charge in [-0.25, -0.2) is 4.39 Å². The fourth-order valence-electron chi connectivity index (χ4n) is 2.34. The Labute approximate surface area is 140 Å². The average molecular weight is 415 g/mol. The largest absolute Gasteiger partial charge is 0.456 e. The quantitative estimate of drug-likeness (QED) is 0.571. The fraction of sp³-hybridized carbons (Fsp3) is 0.250. The molecule has 110 valence electrons. The predicted octanol–water partition coefficient (Wildman–Crippen LogP) is 5.33. The lowest BCUT2D eigenvalue weighted by Crippen LogP contribution is -2.22. The van der Waals surface area contributed by atoms with E-state index in [-0.39, 0.29) is 11.9 Å². The molecule has 2 nitrogen and oxygen atoms in total. The van der Waals surface area contributed by atoms with Gasteiger partial charge in [-0.05, 0) is 64.7 Å². The molecule has 3 aromatic rings. The van der Waals surface area contributed by atoms with Crippen molar-refractivity contribution in [3.8, 4) is 0 Å². The molecule has 1 N–H and O–H groups in total. The Hall–Kier alpha value is -0.920. The molecule has 0 radical (unpaired) electrons. The lowest BCUT2D eigenvalue weighted by molar-refractivity contribution is 0.459. The zero-order valence-corrected chi connectivity index (χ0v) is 14.5. The Balaban J connectivity index is 2.03. The molecule has 0 amide bonds. The summed E-state index contributed by atoms with van der Waals surface area (Å²) in [6, 6.07) is 9.05. The van der Waals surface area contributed by atoms with Crippen LogP contribution in [-0.2, 0) is 0 Å². The summed E-state index contributed by atoms with van der Waals surface area (Å²) in [4.78, 5) is 0. The van der Waals surface area contributed by atoms with Crippen molar-refractivity contribution in [2.24, 2.45) is 0 Å². The Morgan fingerprint density at radius 3 is 2.90 bits per heavy atom. The van der Waals surface area contributed by atoms with Crippen LogP contribution in [0, 0.1) is 8.70 Å². The highest BCUT2D eigenvalue weighted by Crippen LogP contribution is 2.32. The topological polar surface area (TPSA) is 25.2 Å². The van der Waals surface area contributed by atoms with Gasteiger partial charge in [0.1, 0.15) is 5.76 Å². The summed E-state index contributed by atoms with van der Waals surface area (Å²) in [5, 5.41) is 6.41. The van der Waals surface area contributed by atoms with Gasteiger partial charge in [-0.3, -0.25) is 0 Å². The second kappa shape index (κ2) is 6.46. The number of thiophene rings is 1. The summed E-state index contributed by atoms with van der Waals surface area (Å²) < 4.78 is 20.8. The van der Waals surface area contributed by atoms with Crippen LogP contribution in [0.15, 0.2) is 40.1 Å². The van der Waals surface area contributed by atoms with Crippen molar-refractivity contribution in [3.63, 3.8) is 0 Å². The SMILES string of the molecule is CCCNC(c1csc(I)c1)c1cc2cccc(F)c2o1. The first-order valence-electron chi connectivity index (χ1n) is 6.84. The van der Waals surface area contributed by atoms with Gasteiger partial charge < -0.3 is 9.73 Å². The molecule has 0 fully saturated rings. The van der Waals surface area contributed by atoms with Gasteiger partial charge in [0.2, 0.25) is 0 Å². The zero-order chi connectivity index (χ0) is 14.8. The number of halogens is 2. The van der Waals surface area contributed by atoms with Gasteiger partial charge in [-0.1, -0.05) is 19.1 Å². The normalized spacial score (nSPS) is 12.9. The Morgan fingerprint density at radius 1 is 1.38 bits per heavy atom. The van der Waals surface area contributed by atoms with Crippen LogP contribution in [-0.4, -0.2) is 6.54 Å². The number of benzene rings is 1. The number of para-hydroxylation sites is 1. The number of rotatable bonds is 5. The second-order valence-electron chi connectivity index (χ2n) is 4.88. The third kappa shape index (κ3) is 3.14. The first-order chi connectivity index (χ1) is 10.2. The third-order valence-corrected chi connectivity index (χ3v) is 5.13. The first-order valence-corrected chi connectivity index (χ1v) is 8.80. The van der Waals surface area contributed by atoms with Crippen LogP contribution in [0.3, 0.4) is 0 Å². The maximum absolute atomic E-state index is 13.8. The molecule has 0 bridgehead atoms. The highest BCUT2D eigenvalue weighted by molar-refractivity contribution is 14.1. The van der Waals surface area contributed by atoms with Crippen molar-refractivity contribution in [2.45, 2.75) is 19.4 Å². The molecule has 0 aliphatic carbocycles. The number of nitrogens with one attached hydrogen (secondary N) is 1. The molecule has 0 spiro atoms. The van der Waals surface area contributed by atoms with Gasteiger partial charge in [0.05, 0.1) is 8.93 Å². The van der Waals surface area contributed by atoms with Gasteiger partial charge in [-0.2, -0.15) is 0 Å². The summed E-state index contributed by atoms with van der Waals surface area (Å²) in [6.07, 6.45) is 1.03. The van der Waals surface area contributed by atoms with Crippen molar-refractivity contribution in [1.82, 2.24) is 5.32 Å². The van der Waals surface area contributed by atoms with E-state index in [0.29, 0.717) is 5.58 Å². The first kappa shape index (κ1) is 15.0. The van der Waals surface area contributed by atoms with E-state index in [4.69, 9.17) is 4.42 Å². The fourth-order valence-corrected chi connectivity index (χ4v) is 3.73. The van der Waals surface area contributed by atoms with E-state index >= 15 is 0 Å². The molecule has 5 heteroatoms. The molecule has 0 aliphatic heterocycles. The van der Waals surface area contributed by atoms with Crippen LogP contribution in [0.1, 0.15) is 30.7 Å². The number of hydrogen-bond acceptors (Lipinski definition) is 3. The van der Waals surface area contributed by atoms with E-state index in [0.717, 1.165) is 29.7 Å². The lowest BCUT2D eigenvalue weighted by Gasteiger charge is -2.14. The maximum atomic E-state index is 13.8. The van der Waals surface area contributed by atoms with Gasteiger partial charge in [0.25, 0.3) is 0 Å². The molecule has 0 saturated heterocycles. The smallest absolute Gasteiger partial charge is 0.169 e. The van der Waals surface area contributed by atoms with Gasteiger partial charge in [0.15, 0.2) is 11.4 Å². The molecule has 3 rings (SSSR count). The number of furan rings is 1. The van der Waals surface area contributed by atoms with Crippen LogP contribution in [0.25, 0.3) is 11.0 Å². The van der Waals surface area contributed by atoms with Crippen LogP contribution in [0.2, 0.25) is 0 Å². The van der Waals surface area contributed by atoms with E-state index in [1.165, 1.54) is 8.95 Å². The van der Waals surface area contributed by atoms with E-state index in [9.17, 15) is 4.39 Å². The summed E-state index contributed by atoms with van der Waals surface area (Å²) in [6.45, 7) is 3.01. The summed E-state index contributed by atoms with van der Waals surface area (Å²) in [5.74, 6) is 0.450. The lowest BCUT2D eigenvalue weighted by atomic mass is 10.1. The molecule has 2 aromatic heterocycles. The van der Waals surface area contributed by atoms with Gasteiger partial charge >= 0.3 is 0 Å². The van der Waals surface area contributed by atoms with Crippen LogP contribution < -0.4 is 5.32 Å². The summed E-state index contributed by atoms with van der Waals surface area (Å²) in [7, 11) is 0. The van der Waals surface area contributed by atoms with Crippen molar-refractivity contribution in [3.05, 3.63) is 55.7 Å². The van der Waals surface area contributed by atoms with Crippen LogP contribution >= 0.6 is 33.9 Å². The van der Waals surface area contributed by atoms with Crippen LogP contribution in [0.5, 0.6) is 0 Å². The Morgan fingerprint density at radius 2 is 2.24 bits per heavy atom. The van der Waals surface area contributed by atoms with Gasteiger partial charge in [-0.15, -0.1) is 11.3 Å². The number of fused-ring (bicyclic) bond motifs is 1. The van der Waals surface area contributed by atoms with Crippen molar-refractivity contribution in [1.29, 1.82) is 0 Å². The summed E-state index contributed by atoms with van der Waals surface area (Å²) in [5.41, 5.74) is 1.50. The molecular formula is C16H15FINOS. The van der Waals surface area contributed by atoms with E-state index in [2.05, 4.69) is 46.3 Å². The molecule has 21 heavy (non-hydrogen) atoms. The molecule has 1 atom stereocenters. The minimum Gasteiger partial charge on any atom is -0.456 e. The molecule has 2 heterocycles. The molecule has 1 aromatic carbocycles. The maximum Gasteiger partial charge on any atom is 0.169 e. The minimum atomic E-state index is -0.312. The molecule has 1 unspecified atom stereocenters. The standard InChI is InChI=1S/C16H15FINOS/c1-2-6-19-15(11-8-14(18)21-9-11)13-7-10-4-3-5-12(17)16(10)20-13/h3-5,7-9,15,19H,2,6H2,1H3. The highest BCUT2D eigenvalue weighted by atomic mass is 127. The minimum absolute atomic E-state index is 0.0310. The monoisotopic (exact) mass is 415 g/mol. The van der Waals surface area contributed by atoms with Crippen molar-refractivity contribution < 1.29 is 8.81 Å². The van der Waals surface area contributed by atoms with E-state index in [1.807, 2.05) is 12.1 Å². The second-order valence-corrected chi connectivity index (χ2v) is 7.68. The van der Waals surface area contributed by atoms with E-state index in [1.54, 1.807) is 17.4 Å². The summed E-state index contributed by atoms with van der Waals surface area (Å²) >= 11 is 4.01. The Kier molecular flexibility index (Phi) is 4.61. The van der Waals surface area contributed by atoms with Crippen molar-refractivity contribution >= 4 is 44.9 Å². The Bertz CT molecular complexity index is 752. The predicted molar refractivity (Wildman–Crippen MR) is 93.3 cm³/mol. The molecule has 0 saturated carbocycles. The van der Waals surface area contributed by atoms with Gasteiger partial charge in [0, 0.05) is 5.39 Å². The number of hydrogen-bond donors (Lipinski definition) is 1. The van der Waals surface area contributed by atoms with Crippen molar-refractivity contribution in [2.75, 3.05) is 6.54 Å². The molecular weight excluding hydrogens is 400 g/mol.